The highest BCUT2D eigenvalue weighted by molar-refractivity contribution is 7.15. The Morgan fingerprint density at radius 2 is 2.21 bits per heavy atom. The third kappa shape index (κ3) is 3.69. The number of thiazole rings is 1. The van der Waals surface area contributed by atoms with Crippen LogP contribution >= 0.6 is 11.3 Å². The molecule has 0 spiro atoms. The Kier molecular flexibility index (Phi) is 5.64. The molecule has 0 aromatic carbocycles. The van der Waals surface area contributed by atoms with Crippen LogP contribution < -0.4 is 10.2 Å². The zero-order valence-electron chi connectivity index (χ0n) is 12.5. The van der Waals surface area contributed by atoms with Gasteiger partial charge in [-0.25, -0.2) is 4.98 Å². The van der Waals surface area contributed by atoms with Crippen molar-refractivity contribution in [2.45, 2.75) is 53.0 Å². The van der Waals surface area contributed by atoms with Crippen LogP contribution in [0.15, 0.2) is 0 Å². The molecule has 0 saturated carbocycles. The highest BCUT2D eigenvalue weighted by Crippen LogP contribution is 2.32. The van der Waals surface area contributed by atoms with Gasteiger partial charge in [0.25, 0.3) is 0 Å². The molecule has 4 heteroatoms. The number of aromatic nitrogens is 1. The summed E-state index contributed by atoms with van der Waals surface area (Å²) in [6.45, 7) is 11.1. The quantitative estimate of drug-likeness (QED) is 0.830. The van der Waals surface area contributed by atoms with Crippen LogP contribution in [0.1, 0.15) is 50.6 Å². The molecule has 0 bridgehead atoms. The predicted octanol–water partition coefficient (Wildman–Crippen LogP) is 3.44. The van der Waals surface area contributed by atoms with Crippen molar-refractivity contribution in [3.8, 4) is 0 Å². The van der Waals surface area contributed by atoms with Crippen molar-refractivity contribution in [1.82, 2.24) is 10.3 Å². The van der Waals surface area contributed by atoms with Gasteiger partial charge in [0.1, 0.15) is 0 Å². The van der Waals surface area contributed by atoms with E-state index in [1.54, 1.807) is 0 Å². The van der Waals surface area contributed by atoms with E-state index in [0.29, 0.717) is 0 Å². The number of anilines is 1. The van der Waals surface area contributed by atoms with E-state index in [1.165, 1.54) is 48.1 Å². The molecular formula is C15H27N3S. The normalized spacial score (nSPS) is 19.3. The zero-order chi connectivity index (χ0) is 13.7. The van der Waals surface area contributed by atoms with Gasteiger partial charge in [-0.3, -0.25) is 0 Å². The van der Waals surface area contributed by atoms with E-state index in [4.69, 9.17) is 4.98 Å². The molecule has 19 heavy (non-hydrogen) atoms. The third-order valence-corrected chi connectivity index (χ3v) is 5.05. The summed E-state index contributed by atoms with van der Waals surface area (Å²) in [6, 6.07) is 0. The lowest BCUT2D eigenvalue weighted by molar-refractivity contribution is 0.530. The van der Waals surface area contributed by atoms with Crippen molar-refractivity contribution in [1.29, 1.82) is 0 Å². The Balaban J connectivity index is 2.02. The predicted molar refractivity (Wildman–Crippen MR) is 84.1 cm³/mol. The summed E-state index contributed by atoms with van der Waals surface area (Å²) in [4.78, 5) is 8.79. The van der Waals surface area contributed by atoms with Crippen molar-refractivity contribution in [3.63, 3.8) is 0 Å². The average molecular weight is 281 g/mol. The van der Waals surface area contributed by atoms with Gasteiger partial charge in [-0.2, -0.15) is 0 Å². The van der Waals surface area contributed by atoms with Crippen LogP contribution in [0.3, 0.4) is 0 Å². The lowest BCUT2D eigenvalue weighted by Gasteiger charge is -2.14. The van der Waals surface area contributed by atoms with Crippen LogP contribution in [0.2, 0.25) is 0 Å². The number of aryl methyl sites for hydroxylation is 1. The minimum atomic E-state index is 0.885. The first-order chi connectivity index (χ1) is 9.28. The van der Waals surface area contributed by atoms with E-state index in [-0.39, 0.29) is 0 Å². The first-order valence-electron chi connectivity index (χ1n) is 7.72. The van der Waals surface area contributed by atoms with Crippen LogP contribution in [0.4, 0.5) is 5.13 Å². The summed E-state index contributed by atoms with van der Waals surface area (Å²) in [5, 5.41) is 4.68. The molecule has 0 radical (unpaired) electrons. The number of nitrogens with zero attached hydrogens (tertiary/aromatic N) is 2. The van der Waals surface area contributed by atoms with Gasteiger partial charge in [0.05, 0.1) is 5.69 Å². The van der Waals surface area contributed by atoms with Crippen LogP contribution in [-0.2, 0) is 13.0 Å². The largest absolute Gasteiger partial charge is 0.348 e. The molecule has 1 aromatic heterocycles. The van der Waals surface area contributed by atoms with Crippen molar-refractivity contribution in [3.05, 3.63) is 10.6 Å². The van der Waals surface area contributed by atoms with Gasteiger partial charge in [0.15, 0.2) is 5.13 Å². The molecule has 1 saturated heterocycles. The van der Waals surface area contributed by atoms with Crippen LogP contribution in [0.25, 0.3) is 0 Å². The number of nitrogens with one attached hydrogen (secondary N) is 1. The van der Waals surface area contributed by atoms with Crippen LogP contribution in [0.5, 0.6) is 0 Å². The summed E-state index contributed by atoms with van der Waals surface area (Å²) < 4.78 is 0. The summed E-state index contributed by atoms with van der Waals surface area (Å²) in [5.41, 5.74) is 1.29. The molecule has 108 valence electrons. The molecule has 0 amide bonds. The Bertz CT molecular complexity index is 389. The first kappa shape index (κ1) is 14.8. The van der Waals surface area contributed by atoms with Crippen molar-refractivity contribution in [2.75, 3.05) is 24.5 Å². The third-order valence-electron chi connectivity index (χ3n) is 3.89. The molecule has 1 unspecified atom stereocenters. The second-order valence-corrected chi connectivity index (χ2v) is 6.45. The maximum Gasteiger partial charge on any atom is 0.185 e. The molecule has 2 heterocycles. The standard InChI is InChI=1S/C15H27N3S/c1-4-7-12-8-9-18(11-12)15-17-13(5-2)14(19-15)10-16-6-3/h12,16H,4-11H2,1-3H3. The summed E-state index contributed by atoms with van der Waals surface area (Å²) in [6.07, 6.45) is 5.07. The van der Waals surface area contributed by atoms with E-state index >= 15 is 0 Å². The SMILES string of the molecule is CCCC1CCN(c2nc(CC)c(CNCC)s2)C1. The molecule has 1 atom stereocenters. The Hall–Kier alpha value is -0.610. The van der Waals surface area contributed by atoms with Gasteiger partial charge in [0.2, 0.25) is 0 Å². The van der Waals surface area contributed by atoms with E-state index < -0.39 is 0 Å². The van der Waals surface area contributed by atoms with Gasteiger partial charge in [-0.1, -0.05) is 27.2 Å². The molecule has 1 aromatic rings. The molecule has 1 aliphatic heterocycles. The Morgan fingerprint density at radius 3 is 2.89 bits per heavy atom. The smallest absolute Gasteiger partial charge is 0.185 e. The lowest BCUT2D eigenvalue weighted by atomic mass is 10.0. The zero-order valence-corrected chi connectivity index (χ0v) is 13.4. The molecule has 2 rings (SSSR count). The highest BCUT2D eigenvalue weighted by Gasteiger charge is 2.24. The fourth-order valence-corrected chi connectivity index (χ4v) is 3.96. The van der Waals surface area contributed by atoms with E-state index in [9.17, 15) is 0 Å². The monoisotopic (exact) mass is 281 g/mol. The summed E-state index contributed by atoms with van der Waals surface area (Å²) in [5.74, 6) is 0.885. The average Bonchev–Trinajstić information content (AvgIpc) is 3.02. The summed E-state index contributed by atoms with van der Waals surface area (Å²) in [7, 11) is 0. The van der Waals surface area contributed by atoms with Gasteiger partial charge in [0, 0.05) is 24.5 Å². The Morgan fingerprint density at radius 1 is 1.37 bits per heavy atom. The molecular weight excluding hydrogens is 254 g/mol. The van der Waals surface area contributed by atoms with Crippen molar-refractivity contribution in [2.24, 2.45) is 5.92 Å². The van der Waals surface area contributed by atoms with Crippen molar-refractivity contribution < 1.29 is 0 Å². The molecule has 1 N–H and O–H groups in total. The number of rotatable bonds is 7. The highest BCUT2D eigenvalue weighted by atomic mass is 32.1. The van der Waals surface area contributed by atoms with E-state index in [1.807, 2.05) is 11.3 Å². The number of hydrogen-bond acceptors (Lipinski definition) is 4. The molecule has 3 nitrogen and oxygen atoms in total. The van der Waals surface area contributed by atoms with E-state index in [2.05, 4.69) is 31.0 Å². The first-order valence-corrected chi connectivity index (χ1v) is 8.54. The molecule has 0 aliphatic carbocycles. The van der Waals surface area contributed by atoms with Gasteiger partial charge in [-0.15, -0.1) is 11.3 Å². The fraction of sp³-hybridized carbons (Fsp3) is 0.800. The van der Waals surface area contributed by atoms with Gasteiger partial charge < -0.3 is 10.2 Å². The lowest BCUT2D eigenvalue weighted by Crippen LogP contribution is -2.19. The second kappa shape index (κ2) is 7.25. The van der Waals surface area contributed by atoms with Crippen LogP contribution in [-0.4, -0.2) is 24.6 Å². The minimum absolute atomic E-state index is 0.885. The minimum Gasteiger partial charge on any atom is -0.348 e. The number of hydrogen-bond donors (Lipinski definition) is 1. The molecule has 1 fully saturated rings. The maximum absolute atomic E-state index is 4.86. The Labute approximate surface area is 121 Å². The van der Waals surface area contributed by atoms with Crippen LogP contribution in [0, 0.1) is 5.92 Å². The van der Waals surface area contributed by atoms with Gasteiger partial charge in [-0.05, 0) is 31.7 Å². The molecule has 1 aliphatic rings. The topological polar surface area (TPSA) is 28.2 Å². The van der Waals surface area contributed by atoms with Gasteiger partial charge >= 0.3 is 0 Å². The van der Waals surface area contributed by atoms with E-state index in [0.717, 1.165) is 25.4 Å². The maximum atomic E-state index is 4.86. The fourth-order valence-electron chi connectivity index (χ4n) is 2.81. The summed E-state index contributed by atoms with van der Waals surface area (Å²) >= 11 is 1.89. The van der Waals surface area contributed by atoms with Crippen molar-refractivity contribution >= 4 is 16.5 Å². The second-order valence-electron chi connectivity index (χ2n) is 5.39.